The molecule has 2 aromatic rings. The summed E-state index contributed by atoms with van der Waals surface area (Å²) in [6.07, 6.45) is 8.51. The van der Waals surface area contributed by atoms with Crippen LogP contribution < -0.4 is 5.73 Å². The lowest BCUT2D eigenvalue weighted by Crippen LogP contribution is -2.10. The molecule has 0 aliphatic rings. The monoisotopic (exact) mass is 228 g/mol. The first-order valence-corrected chi connectivity index (χ1v) is 6.41. The van der Waals surface area contributed by atoms with Crippen LogP contribution in [-0.2, 0) is 0 Å². The Kier molecular flexibility index (Phi) is 4.10. The quantitative estimate of drug-likeness (QED) is 0.790. The van der Waals surface area contributed by atoms with Gasteiger partial charge in [0.2, 0.25) is 0 Å². The van der Waals surface area contributed by atoms with E-state index in [4.69, 9.17) is 5.73 Å². The molecule has 17 heavy (non-hydrogen) atoms. The van der Waals surface area contributed by atoms with Crippen LogP contribution in [0.15, 0.2) is 36.7 Å². The third-order valence-electron chi connectivity index (χ3n) is 3.24. The van der Waals surface area contributed by atoms with Crippen molar-refractivity contribution in [1.29, 1.82) is 0 Å². The third-order valence-corrected chi connectivity index (χ3v) is 3.24. The minimum Gasteiger partial charge on any atom is -0.324 e. The molecule has 0 spiro atoms. The van der Waals surface area contributed by atoms with E-state index in [2.05, 4.69) is 30.1 Å². The van der Waals surface area contributed by atoms with Gasteiger partial charge in [0.05, 0.1) is 0 Å². The van der Waals surface area contributed by atoms with Crippen LogP contribution in [0.5, 0.6) is 0 Å². The van der Waals surface area contributed by atoms with E-state index in [1.165, 1.54) is 35.6 Å². The Morgan fingerprint density at radius 2 is 2.12 bits per heavy atom. The molecule has 1 unspecified atom stereocenters. The van der Waals surface area contributed by atoms with Crippen molar-refractivity contribution in [2.75, 3.05) is 0 Å². The number of unbranched alkanes of at least 4 members (excludes halogenated alkanes) is 2. The maximum absolute atomic E-state index is 6.27. The van der Waals surface area contributed by atoms with Gasteiger partial charge in [-0.15, -0.1) is 0 Å². The fraction of sp³-hybridized carbons (Fsp3) is 0.400. The van der Waals surface area contributed by atoms with E-state index in [0.29, 0.717) is 0 Å². The van der Waals surface area contributed by atoms with Gasteiger partial charge < -0.3 is 5.73 Å². The van der Waals surface area contributed by atoms with Gasteiger partial charge in [-0.1, -0.05) is 44.4 Å². The summed E-state index contributed by atoms with van der Waals surface area (Å²) in [7, 11) is 0. The highest BCUT2D eigenvalue weighted by Crippen LogP contribution is 2.25. The summed E-state index contributed by atoms with van der Waals surface area (Å²) >= 11 is 0. The summed E-state index contributed by atoms with van der Waals surface area (Å²) in [6.45, 7) is 2.22. The lowest BCUT2D eigenvalue weighted by atomic mass is 9.97. The Balaban J connectivity index is 2.22. The topological polar surface area (TPSA) is 38.9 Å². The molecular formula is C15H20N2. The zero-order chi connectivity index (χ0) is 12.1. The average Bonchev–Trinajstić information content (AvgIpc) is 2.38. The summed E-state index contributed by atoms with van der Waals surface area (Å²) in [4.78, 5) is 4.20. The van der Waals surface area contributed by atoms with Crippen LogP contribution in [0.1, 0.15) is 44.2 Å². The largest absolute Gasteiger partial charge is 0.324 e. The van der Waals surface area contributed by atoms with E-state index in [-0.39, 0.29) is 6.04 Å². The molecule has 1 aromatic heterocycles. The van der Waals surface area contributed by atoms with Crippen molar-refractivity contribution < 1.29 is 0 Å². The van der Waals surface area contributed by atoms with Gasteiger partial charge in [0, 0.05) is 23.8 Å². The van der Waals surface area contributed by atoms with Gasteiger partial charge in [0.1, 0.15) is 0 Å². The Hall–Kier alpha value is -1.41. The summed E-state index contributed by atoms with van der Waals surface area (Å²) in [5, 5.41) is 2.42. The van der Waals surface area contributed by atoms with Gasteiger partial charge in [-0.3, -0.25) is 4.98 Å². The number of hydrogen-bond donors (Lipinski definition) is 1. The number of nitrogens with zero attached hydrogens (tertiary/aromatic N) is 1. The van der Waals surface area contributed by atoms with E-state index >= 15 is 0 Å². The van der Waals surface area contributed by atoms with E-state index in [0.717, 1.165) is 6.42 Å². The highest BCUT2D eigenvalue weighted by molar-refractivity contribution is 5.85. The zero-order valence-electron chi connectivity index (χ0n) is 10.4. The predicted molar refractivity (Wildman–Crippen MR) is 72.8 cm³/mol. The Labute approximate surface area is 103 Å². The molecular weight excluding hydrogens is 208 g/mol. The standard InChI is InChI=1S/C15H20N2/c1-2-3-4-8-15(16)13-7-5-6-12-9-10-17-11-14(12)13/h5-7,9-11,15H,2-4,8,16H2,1H3. The van der Waals surface area contributed by atoms with Gasteiger partial charge >= 0.3 is 0 Å². The molecule has 1 aromatic carbocycles. The molecule has 0 radical (unpaired) electrons. The number of pyridine rings is 1. The second-order valence-corrected chi connectivity index (χ2v) is 4.55. The molecule has 0 aliphatic heterocycles. The fourth-order valence-corrected chi connectivity index (χ4v) is 2.23. The first-order chi connectivity index (χ1) is 8.33. The maximum atomic E-state index is 6.27. The summed E-state index contributed by atoms with van der Waals surface area (Å²) in [5.74, 6) is 0. The van der Waals surface area contributed by atoms with E-state index < -0.39 is 0 Å². The molecule has 0 saturated heterocycles. The third kappa shape index (κ3) is 2.83. The van der Waals surface area contributed by atoms with Crippen LogP contribution in [0, 0.1) is 0 Å². The lowest BCUT2D eigenvalue weighted by molar-refractivity contribution is 0.584. The molecule has 2 rings (SSSR count). The van der Waals surface area contributed by atoms with E-state index in [1.807, 2.05) is 18.5 Å². The highest BCUT2D eigenvalue weighted by Gasteiger charge is 2.09. The second kappa shape index (κ2) is 5.78. The van der Waals surface area contributed by atoms with Crippen LogP contribution in [0.3, 0.4) is 0 Å². The number of fused-ring (bicyclic) bond motifs is 1. The molecule has 0 bridgehead atoms. The van der Waals surface area contributed by atoms with Crippen molar-refractivity contribution in [3.63, 3.8) is 0 Å². The molecule has 1 atom stereocenters. The molecule has 90 valence electrons. The first-order valence-electron chi connectivity index (χ1n) is 6.41. The molecule has 2 nitrogen and oxygen atoms in total. The minimum atomic E-state index is 0.134. The number of rotatable bonds is 5. The Morgan fingerprint density at radius 3 is 2.94 bits per heavy atom. The zero-order valence-corrected chi connectivity index (χ0v) is 10.4. The Bertz CT molecular complexity index is 474. The van der Waals surface area contributed by atoms with Crippen molar-refractivity contribution in [2.24, 2.45) is 5.73 Å². The van der Waals surface area contributed by atoms with Crippen molar-refractivity contribution in [3.8, 4) is 0 Å². The molecule has 0 saturated carbocycles. The fourth-order valence-electron chi connectivity index (χ4n) is 2.23. The maximum Gasteiger partial charge on any atom is 0.0349 e. The summed E-state index contributed by atoms with van der Waals surface area (Å²) < 4.78 is 0. The summed E-state index contributed by atoms with van der Waals surface area (Å²) in [6, 6.07) is 8.49. The van der Waals surface area contributed by atoms with E-state index in [1.54, 1.807) is 0 Å². The molecule has 2 heteroatoms. The van der Waals surface area contributed by atoms with Crippen LogP contribution in [0.25, 0.3) is 10.8 Å². The van der Waals surface area contributed by atoms with Crippen molar-refractivity contribution in [1.82, 2.24) is 4.98 Å². The summed E-state index contributed by atoms with van der Waals surface area (Å²) in [5.41, 5.74) is 7.50. The highest BCUT2D eigenvalue weighted by atomic mass is 14.6. The van der Waals surface area contributed by atoms with Crippen molar-refractivity contribution in [3.05, 3.63) is 42.2 Å². The van der Waals surface area contributed by atoms with Crippen LogP contribution >= 0.6 is 0 Å². The van der Waals surface area contributed by atoms with E-state index in [9.17, 15) is 0 Å². The number of nitrogens with two attached hydrogens (primary N) is 1. The number of aromatic nitrogens is 1. The normalized spacial score (nSPS) is 12.8. The van der Waals surface area contributed by atoms with Crippen LogP contribution in [-0.4, -0.2) is 4.98 Å². The molecule has 0 fully saturated rings. The van der Waals surface area contributed by atoms with Crippen molar-refractivity contribution >= 4 is 10.8 Å². The van der Waals surface area contributed by atoms with Gasteiger partial charge in [-0.25, -0.2) is 0 Å². The lowest BCUT2D eigenvalue weighted by Gasteiger charge is -2.14. The Morgan fingerprint density at radius 1 is 1.24 bits per heavy atom. The smallest absolute Gasteiger partial charge is 0.0349 e. The molecule has 0 amide bonds. The van der Waals surface area contributed by atoms with Gasteiger partial charge in [0.15, 0.2) is 0 Å². The molecule has 1 heterocycles. The van der Waals surface area contributed by atoms with Gasteiger partial charge in [0.25, 0.3) is 0 Å². The van der Waals surface area contributed by atoms with Gasteiger partial charge in [-0.2, -0.15) is 0 Å². The number of benzene rings is 1. The number of hydrogen-bond acceptors (Lipinski definition) is 2. The van der Waals surface area contributed by atoms with Gasteiger partial charge in [-0.05, 0) is 23.4 Å². The first kappa shape index (κ1) is 12.1. The second-order valence-electron chi connectivity index (χ2n) is 4.55. The SMILES string of the molecule is CCCCCC(N)c1cccc2ccncc12. The molecule has 0 aliphatic carbocycles. The predicted octanol–water partition coefficient (Wildman–Crippen LogP) is 3.81. The average molecular weight is 228 g/mol. The van der Waals surface area contributed by atoms with Crippen LogP contribution in [0.2, 0.25) is 0 Å². The van der Waals surface area contributed by atoms with Crippen molar-refractivity contribution in [2.45, 2.75) is 38.6 Å². The minimum absolute atomic E-state index is 0.134. The van der Waals surface area contributed by atoms with Crippen LogP contribution in [0.4, 0.5) is 0 Å². The molecule has 2 N–H and O–H groups in total.